The maximum Gasteiger partial charge on any atom is 0.416 e. The second kappa shape index (κ2) is 7.33. The fourth-order valence-electron chi connectivity index (χ4n) is 1.93. The fourth-order valence-corrected chi connectivity index (χ4v) is 3.06. The van der Waals surface area contributed by atoms with Gasteiger partial charge in [-0.1, -0.05) is 17.7 Å². The van der Waals surface area contributed by atoms with Gasteiger partial charge in [-0.05, 0) is 30.3 Å². The molecular weight excluding hydrogens is 351 g/mol. The number of nitrogens with one attached hydrogen (secondary N) is 1. The molecule has 0 saturated heterocycles. The highest BCUT2D eigenvalue weighted by Crippen LogP contribution is 2.30. The summed E-state index contributed by atoms with van der Waals surface area (Å²) in [5.41, 5.74) is -0.919. The smallest absolute Gasteiger partial charge is 0.374 e. The highest BCUT2D eigenvalue weighted by Gasteiger charge is 2.30. The molecule has 1 unspecified atom stereocenters. The van der Waals surface area contributed by atoms with E-state index in [2.05, 4.69) is 5.32 Å². The van der Waals surface area contributed by atoms with Crippen molar-refractivity contribution >= 4 is 28.8 Å². The average Bonchev–Trinajstić information content (AvgIpc) is 2.93. The van der Waals surface area contributed by atoms with E-state index < -0.39 is 23.8 Å². The van der Waals surface area contributed by atoms with E-state index in [1.54, 1.807) is 12.1 Å². The zero-order chi connectivity index (χ0) is 17.0. The molecule has 1 N–H and O–H groups in total. The monoisotopic (exact) mass is 363 g/mol. The van der Waals surface area contributed by atoms with Gasteiger partial charge in [0.2, 0.25) is 0 Å². The molecule has 0 spiro atoms. The predicted octanol–water partition coefficient (Wildman–Crippen LogP) is 4.54. The number of thiophene rings is 1. The molecule has 23 heavy (non-hydrogen) atoms. The predicted molar refractivity (Wildman–Crippen MR) is 82.9 cm³/mol. The Bertz CT molecular complexity index is 687. The van der Waals surface area contributed by atoms with E-state index in [4.69, 9.17) is 16.3 Å². The van der Waals surface area contributed by atoms with E-state index >= 15 is 0 Å². The molecule has 0 aliphatic carbocycles. The van der Waals surface area contributed by atoms with Crippen molar-refractivity contribution in [2.75, 3.05) is 13.7 Å². The Labute approximate surface area is 140 Å². The molecule has 0 fully saturated rings. The largest absolute Gasteiger partial charge is 0.416 e. The average molecular weight is 364 g/mol. The SMILES string of the molecule is COC(CNC(=O)c1cccc(C(F)(F)F)c1)c1ccc(Cl)s1. The minimum absolute atomic E-state index is 0.0566. The van der Waals surface area contributed by atoms with Gasteiger partial charge in [0.1, 0.15) is 6.10 Å². The number of hydrogen-bond acceptors (Lipinski definition) is 3. The van der Waals surface area contributed by atoms with Crippen LogP contribution in [0.5, 0.6) is 0 Å². The first kappa shape index (κ1) is 17.8. The topological polar surface area (TPSA) is 38.3 Å². The molecule has 124 valence electrons. The summed E-state index contributed by atoms with van der Waals surface area (Å²) in [6.45, 7) is 0.127. The summed E-state index contributed by atoms with van der Waals surface area (Å²) in [7, 11) is 1.48. The van der Waals surface area contributed by atoms with E-state index in [0.29, 0.717) is 4.34 Å². The second-order valence-electron chi connectivity index (χ2n) is 4.65. The molecule has 1 atom stereocenters. The van der Waals surface area contributed by atoms with Crippen LogP contribution in [0.2, 0.25) is 4.34 Å². The Kier molecular flexibility index (Phi) is 5.67. The number of carbonyl (C=O) groups excluding carboxylic acids is 1. The van der Waals surface area contributed by atoms with Crippen molar-refractivity contribution in [2.24, 2.45) is 0 Å². The van der Waals surface area contributed by atoms with Crippen LogP contribution in [0.15, 0.2) is 36.4 Å². The van der Waals surface area contributed by atoms with Gasteiger partial charge >= 0.3 is 6.18 Å². The summed E-state index contributed by atoms with van der Waals surface area (Å²) in [4.78, 5) is 12.8. The number of benzene rings is 1. The van der Waals surface area contributed by atoms with E-state index in [-0.39, 0.29) is 12.1 Å². The van der Waals surface area contributed by atoms with Gasteiger partial charge in [-0.15, -0.1) is 11.3 Å². The van der Waals surface area contributed by atoms with Crippen LogP contribution in [0.4, 0.5) is 13.2 Å². The normalized spacial score (nSPS) is 12.9. The summed E-state index contributed by atoms with van der Waals surface area (Å²) >= 11 is 7.16. The van der Waals surface area contributed by atoms with Gasteiger partial charge in [-0.2, -0.15) is 13.2 Å². The molecule has 1 heterocycles. The summed E-state index contributed by atoms with van der Waals surface area (Å²) in [5, 5.41) is 2.57. The molecule has 1 aromatic heterocycles. The van der Waals surface area contributed by atoms with Gasteiger partial charge in [0.05, 0.1) is 9.90 Å². The van der Waals surface area contributed by atoms with E-state index in [0.717, 1.165) is 17.0 Å². The molecule has 8 heteroatoms. The van der Waals surface area contributed by atoms with Crippen LogP contribution in [0.1, 0.15) is 26.9 Å². The molecule has 0 aliphatic heterocycles. The lowest BCUT2D eigenvalue weighted by Crippen LogP contribution is -2.29. The van der Waals surface area contributed by atoms with Crippen molar-refractivity contribution in [3.63, 3.8) is 0 Å². The Morgan fingerprint density at radius 2 is 2.09 bits per heavy atom. The van der Waals surface area contributed by atoms with E-state index in [1.807, 2.05) is 0 Å². The minimum Gasteiger partial charge on any atom is -0.374 e. The third-order valence-electron chi connectivity index (χ3n) is 3.10. The number of carbonyl (C=O) groups is 1. The first-order valence-corrected chi connectivity index (χ1v) is 7.74. The third kappa shape index (κ3) is 4.70. The third-order valence-corrected chi connectivity index (χ3v) is 4.42. The maximum absolute atomic E-state index is 12.7. The first-order valence-electron chi connectivity index (χ1n) is 6.54. The Hall–Kier alpha value is -1.57. The van der Waals surface area contributed by atoms with Crippen molar-refractivity contribution < 1.29 is 22.7 Å². The molecule has 0 saturated carbocycles. The van der Waals surface area contributed by atoms with Gasteiger partial charge in [-0.25, -0.2) is 0 Å². The van der Waals surface area contributed by atoms with Crippen molar-refractivity contribution in [1.29, 1.82) is 0 Å². The molecule has 0 bridgehead atoms. The van der Waals surface area contributed by atoms with Crippen LogP contribution in [0, 0.1) is 0 Å². The number of alkyl halides is 3. The van der Waals surface area contributed by atoms with Gasteiger partial charge in [0.25, 0.3) is 5.91 Å². The van der Waals surface area contributed by atoms with Crippen LogP contribution in [0.3, 0.4) is 0 Å². The van der Waals surface area contributed by atoms with Gasteiger partial charge in [-0.3, -0.25) is 4.79 Å². The lowest BCUT2D eigenvalue weighted by molar-refractivity contribution is -0.137. The summed E-state index contributed by atoms with van der Waals surface area (Å²) in [5.74, 6) is -0.596. The molecule has 0 radical (unpaired) electrons. The van der Waals surface area contributed by atoms with E-state index in [9.17, 15) is 18.0 Å². The molecule has 1 amide bonds. The highest BCUT2D eigenvalue weighted by molar-refractivity contribution is 7.16. The molecule has 3 nitrogen and oxygen atoms in total. The Morgan fingerprint density at radius 1 is 1.35 bits per heavy atom. The standard InChI is InChI=1S/C15H13ClF3NO2S/c1-22-11(12-5-6-13(16)23-12)8-20-14(21)9-3-2-4-10(7-9)15(17,18)19/h2-7,11H,8H2,1H3,(H,20,21). The van der Waals surface area contributed by atoms with Crippen molar-refractivity contribution in [1.82, 2.24) is 5.32 Å². The highest BCUT2D eigenvalue weighted by atomic mass is 35.5. The number of ether oxygens (including phenoxy) is 1. The van der Waals surface area contributed by atoms with Crippen LogP contribution in [0.25, 0.3) is 0 Å². The Balaban J connectivity index is 2.04. The zero-order valence-corrected chi connectivity index (χ0v) is 13.6. The number of methoxy groups -OCH3 is 1. The number of hydrogen-bond donors (Lipinski definition) is 1. The number of rotatable bonds is 5. The lowest BCUT2D eigenvalue weighted by atomic mass is 10.1. The Morgan fingerprint density at radius 3 is 2.65 bits per heavy atom. The summed E-state index contributed by atoms with van der Waals surface area (Å²) in [6, 6.07) is 7.75. The second-order valence-corrected chi connectivity index (χ2v) is 6.40. The van der Waals surface area contributed by atoms with E-state index in [1.165, 1.54) is 30.6 Å². The van der Waals surface area contributed by atoms with Crippen molar-refractivity contribution in [3.8, 4) is 0 Å². The van der Waals surface area contributed by atoms with Crippen LogP contribution >= 0.6 is 22.9 Å². The zero-order valence-electron chi connectivity index (χ0n) is 12.0. The first-order chi connectivity index (χ1) is 10.8. The fraction of sp³-hybridized carbons (Fsp3) is 0.267. The van der Waals surface area contributed by atoms with Gasteiger partial charge in [0, 0.05) is 24.1 Å². The molecule has 2 rings (SSSR count). The van der Waals surface area contributed by atoms with Crippen LogP contribution in [-0.2, 0) is 10.9 Å². The van der Waals surface area contributed by atoms with Gasteiger partial charge in [0.15, 0.2) is 0 Å². The van der Waals surface area contributed by atoms with Crippen molar-refractivity contribution in [2.45, 2.75) is 12.3 Å². The summed E-state index contributed by atoms with van der Waals surface area (Å²) < 4.78 is 43.8. The molecule has 2 aromatic rings. The minimum atomic E-state index is -4.49. The lowest BCUT2D eigenvalue weighted by Gasteiger charge is -2.15. The van der Waals surface area contributed by atoms with Gasteiger partial charge < -0.3 is 10.1 Å². The molecular formula is C15H13ClF3NO2S. The molecule has 1 aromatic carbocycles. The van der Waals surface area contributed by atoms with Crippen molar-refractivity contribution in [3.05, 3.63) is 56.7 Å². The molecule has 0 aliphatic rings. The quantitative estimate of drug-likeness (QED) is 0.847. The number of halogens is 4. The van der Waals surface area contributed by atoms with Crippen LogP contribution < -0.4 is 5.32 Å². The maximum atomic E-state index is 12.7. The number of amides is 1. The summed E-state index contributed by atoms with van der Waals surface area (Å²) in [6.07, 6.45) is -4.90. The van der Waals surface area contributed by atoms with Crippen LogP contribution in [-0.4, -0.2) is 19.6 Å².